The number of carbonyl (C=O) groups is 2. The average molecular weight is 397 g/mol. The molecule has 1 amide bonds. The number of nitrogens with one attached hydrogen (secondary N) is 1. The molecule has 28 heavy (non-hydrogen) atoms. The van der Waals surface area contributed by atoms with Crippen molar-refractivity contribution in [2.24, 2.45) is 0 Å². The number of benzene rings is 2. The summed E-state index contributed by atoms with van der Waals surface area (Å²) in [5.41, 5.74) is 3.19. The standard InChI is InChI=1S/C22H20N2O3.ClH/c1-27-22(26)19-11-9-18(10-12-19)15-24-13-5-8-20(16-24)21(25)23-14-17-6-3-2-4-7-17;/h2-13,16H,14-15H2,1H3;1H. The number of halogens is 1. The van der Waals surface area contributed by atoms with Gasteiger partial charge in [0.25, 0.3) is 5.91 Å². The van der Waals surface area contributed by atoms with Crippen LogP contribution < -0.4 is 22.3 Å². The highest BCUT2D eigenvalue weighted by Gasteiger charge is 2.12. The van der Waals surface area contributed by atoms with Crippen molar-refractivity contribution in [1.82, 2.24) is 5.32 Å². The Balaban J connectivity index is 0.00000280. The summed E-state index contributed by atoms with van der Waals surface area (Å²) in [7, 11) is 1.36. The molecule has 3 rings (SSSR count). The highest BCUT2D eigenvalue weighted by atomic mass is 35.5. The normalized spacial score (nSPS) is 9.89. The van der Waals surface area contributed by atoms with Crippen molar-refractivity contribution in [3.63, 3.8) is 0 Å². The summed E-state index contributed by atoms with van der Waals surface area (Å²) < 4.78 is 6.64. The highest BCUT2D eigenvalue weighted by Crippen LogP contribution is 2.06. The quantitative estimate of drug-likeness (QED) is 0.461. The van der Waals surface area contributed by atoms with E-state index in [4.69, 9.17) is 4.74 Å². The fraction of sp³-hybridized carbons (Fsp3) is 0.136. The molecule has 0 aliphatic heterocycles. The summed E-state index contributed by atoms with van der Waals surface area (Å²) in [4.78, 5) is 23.9. The second-order valence-corrected chi connectivity index (χ2v) is 6.12. The van der Waals surface area contributed by atoms with E-state index in [1.807, 2.05) is 65.5 Å². The molecule has 3 aromatic rings. The lowest BCUT2D eigenvalue weighted by Gasteiger charge is -2.05. The highest BCUT2D eigenvalue weighted by molar-refractivity contribution is 5.93. The van der Waals surface area contributed by atoms with E-state index in [1.54, 1.807) is 18.2 Å². The lowest BCUT2D eigenvalue weighted by Crippen LogP contribution is -3.00. The van der Waals surface area contributed by atoms with Crippen molar-refractivity contribution in [2.45, 2.75) is 13.1 Å². The number of ether oxygens (including phenoxy) is 1. The van der Waals surface area contributed by atoms with Crippen molar-refractivity contribution in [2.75, 3.05) is 7.11 Å². The van der Waals surface area contributed by atoms with Crippen molar-refractivity contribution in [1.29, 1.82) is 0 Å². The maximum Gasteiger partial charge on any atom is 0.337 e. The van der Waals surface area contributed by atoms with Crippen LogP contribution in [0.1, 0.15) is 31.8 Å². The largest absolute Gasteiger partial charge is 1.00 e. The molecule has 0 fully saturated rings. The van der Waals surface area contributed by atoms with E-state index in [0.29, 0.717) is 24.2 Å². The molecular formula is C22H21ClN2O3. The Hall–Kier alpha value is -3.18. The number of amides is 1. The van der Waals surface area contributed by atoms with Crippen molar-refractivity contribution in [3.8, 4) is 0 Å². The first-order valence-corrected chi connectivity index (χ1v) is 8.64. The zero-order valence-electron chi connectivity index (χ0n) is 15.5. The monoisotopic (exact) mass is 396 g/mol. The summed E-state index contributed by atoms with van der Waals surface area (Å²) >= 11 is 0. The Morgan fingerprint density at radius 2 is 1.61 bits per heavy atom. The molecule has 0 saturated carbocycles. The molecule has 0 saturated heterocycles. The van der Waals surface area contributed by atoms with E-state index in [-0.39, 0.29) is 24.3 Å². The van der Waals surface area contributed by atoms with Crippen LogP contribution in [0.25, 0.3) is 0 Å². The predicted molar refractivity (Wildman–Crippen MR) is 101 cm³/mol. The smallest absolute Gasteiger partial charge is 0.337 e. The van der Waals surface area contributed by atoms with E-state index in [1.165, 1.54) is 7.11 Å². The molecule has 1 aromatic heterocycles. The number of aromatic nitrogens is 1. The first-order chi connectivity index (χ1) is 13.2. The van der Waals surface area contributed by atoms with E-state index in [9.17, 15) is 9.59 Å². The summed E-state index contributed by atoms with van der Waals surface area (Å²) in [6.07, 6.45) is 3.72. The Kier molecular flexibility index (Phi) is 7.72. The number of hydrogen-bond acceptors (Lipinski definition) is 3. The van der Waals surface area contributed by atoms with Crippen LogP contribution in [0, 0.1) is 0 Å². The predicted octanol–water partition coefficient (Wildman–Crippen LogP) is -0.257. The van der Waals surface area contributed by atoms with Gasteiger partial charge in [-0.15, -0.1) is 0 Å². The van der Waals surface area contributed by atoms with E-state index in [2.05, 4.69) is 5.32 Å². The minimum Gasteiger partial charge on any atom is -1.00 e. The molecule has 2 aromatic carbocycles. The lowest BCUT2D eigenvalue weighted by molar-refractivity contribution is -0.688. The molecule has 1 heterocycles. The topological polar surface area (TPSA) is 59.3 Å². The summed E-state index contributed by atoms with van der Waals surface area (Å²) in [5.74, 6) is -0.472. The van der Waals surface area contributed by atoms with Crippen molar-refractivity contribution < 1.29 is 31.3 Å². The van der Waals surface area contributed by atoms with Crippen LogP contribution in [0.2, 0.25) is 0 Å². The molecule has 5 nitrogen and oxygen atoms in total. The SMILES string of the molecule is COC(=O)c1ccc(C[n+]2cccc(C(=O)NCc3ccccc3)c2)cc1.[Cl-]. The molecule has 0 unspecified atom stereocenters. The zero-order chi connectivity index (χ0) is 19.1. The van der Waals surface area contributed by atoms with Gasteiger partial charge < -0.3 is 22.5 Å². The van der Waals surface area contributed by atoms with Crippen LogP contribution >= 0.6 is 0 Å². The Morgan fingerprint density at radius 1 is 0.893 bits per heavy atom. The van der Waals surface area contributed by atoms with Crippen LogP contribution in [-0.4, -0.2) is 19.0 Å². The summed E-state index contributed by atoms with van der Waals surface area (Å²) in [6, 6.07) is 20.7. The molecule has 0 aliphatic rings. The minimum absolute atomic E-state index is 0. The van der Waals surface area contributed by atoms with Gasteiger partial charge in [0.2, 0.25) is 0 Å². The molecule has 144 valence electrons. The van der Waals surface area contributed by atoms with Gasteiger partial charge in [0.1, 0.15) is 5.56 Å². The van der Waals surface area contributed by atoms with Gasteiger partial charge in [0.15, 0.2) is 18.9 Å². The van der Waals surface area contributed by atoms with E-state index in [0.717, 1.165) is 11.1 Å². The van der Waals surface area contributed by atoms with Crippen LogP contribution in [0.4, 0.5) is 0 Å². The van der Waals surface area contributed by atoms with Gasteiger partial charge in [-0.2, -0.15) is 4.57 Å². The summed E-state index contributed by atoms with van der Waals surface area (Å²) in [6.45, 7) is 1.09. The number of rotatable bonds is 6. The summed E-state index contributed by atoms with van der Waals surface area (Å²) in [5, 5.41) is 2.93. The fourth-order valence-corrected chi connectivity index (χ4v) is 2.71. The van der Waals surface area contributed by atoms with Gasteiger partial charge in [-0.3, -0.25) is 4.79 Å². The Bertz CT molecular complexity index is 928. The van der Waals surface area contributed by atoms with Gasteiger partial charge in [-0.25, -0.2) is 4.79 Å². The van der Waals surface area contributed by atoms with Crippen LogP contribution in [0.15, 0.2) is 79.1 Å². The Morgan fingerprint density at radius 3 is 2.29 bits per heavy atom. The fourth-order valence-electron chi connectivity index (χ4n) is 2.71. The van der Waals surface area contributed by atoms with Gasteiger partial charge in [-0.05, 0) is 23.8 Å². The minimum atomic E-state index is -0.355. The van der Waals surface area contributed by atoms with Crippen LogP contribution in [0.3, 0.4) is 0 Å². The molecule has 6 heteroatoms. The number of esters is 1. The van der Waals surface area contributed by atoms with Gasteiger partial charge in [0, 0.05) is 18.2 Å². The first kappa shape index (κ1) is 21.1. The molecule has 1 N–H and O–H groups in total. The van der Waals surface area contributed by atoms with Crippen LogP contribution in [-0.2, 0) is 17.8 Å². The third-order valence-electron chi connectivity index (χ3n) is 4.16. The lowest BCUT2D eigenvalue weighted by atomic mass is 10.1. The third kappa shape index (κ3) is 5.66. The molecule has 0 spiro atoms. The van der Waals surface area contributed by atoms with Crippen molar-refractivity contribution in [3.05, 3.63) is 101 Å². The average Bonchev–Trinajstić information content (AvgIpc) is 2.73. The number of pyridine rings is 1. The Labute approximate surface area is 170 Å². The number of nitrogens with zero attached hydrogens (tertiary/aromatic N) is 1. The van der Waals surface area contributed by atoms with Gasteiger partial charge in [-0.1, -0.05) is 42.5 Å². The van der Waals surface area contributed by atoms with Crippen molar-refractivity contribution >= 4 is 11.9 Å². The molecule has 0 atom stereocenters. The molecule has 0 bridgehead atoms. The first-order valence-electron chi connectivity index (χ1n) is 8.64. The van der Waals surface area contributed by atoms with Crippen LogP contribution in [0.5, 0.6) is 0 Å². The number of carbonyl (C=O) groups excluding carboxylic acids is 2. The molecular weight excluding hydrogens is 376 g/mol. The maximum absolute atomic E-state index is 12.4. The van der Waals surface area contributed by atoms with Gasteiger partial charge in [0.05, 0.1) is 12.7 Å². The van der Waals surface area contributed by atoms with E-state index >= 15 is 0 Å². The molecule has 0 radical (unpaired) electrons. The maximum atomic E-state index is 12.4. The second kappa shape index (κ2) is 10.2. The number of methoxy groups -OCH3 is 1. The molecule has 0 aliphatic carbocycles. The number of hydrogen-bond donors (Lipinski definition) is 1. The van der Waals surface area contributed by atoms with E-state index < -0.39 is 0 Å². The zero-order valence-corrected chi connectivity index (χ0v) is 16.2. The third-order valence-corrected chi connectivity index (χ3v) is 4.16. The second-order valence-electron chi connectivity index (χ2n) is 6.12. The van der Waals surface area contributed by atoms with Gasteiger partial charge >= 0.3 is 5.97 Å².